The molecule has 21 heteroatoms. The van der Waals surface area contributed by atoms with E-state index in [4.69, 9.17) is 4.74 Å². The van der Waals surface area contributed by atoms with E-state index in [-0.39, 0.29) is 47.0 Å². The van der Waals surface area contributed by atoms with Crippen LogP contribution in [-0.2, 0) is 19.0 Å². The summed E-state index contributed by atoms with van der Waals surface area (Å²) < 4.78 is 86.1. The van der Waals surface area contributed by atoms with Gasteiger partial charge in [0.25, 0.3) is 0 Å². The first kappa shape index (κ1) is 58.3. The lowest BCUT2D eigenvalue weighted by Crippen LogP contribution is -2.54. The van der Waals surface area contributed by atoms with Crippen LogP contribution < -0.4 is 20.9 Å². The highest BCUT2D eigenvalue weighted by Gasteiger charge is 2.39. The molecule has 3 amide bonds. The lowest BCUT2D eigenvalue weighted by molar-refractivity contribution is -0.137. The fraction of sp³-hybridized carbons (Fsp3) is 0.456. The molecule has 0 saturated carbocycles. The van der Waals surface area contributed by atoms with Gasteiger partial charge in [-0.25, -0.2) is 41.5 Å². The highest BCUT2D eigenvalue weighted by molar-refractivity contribution is 5.87. The van der Waals surface area contributed by atoms with Crippen LogP contribution in [0.2, 0.25) is 0 Å². The predicted molar refractivity (Wildman–Crippen MR) is 289 cm³/mol. The van der Waals surface area contributed by atoms with E-state index < -0.39 is 36.0 Å². The molecule has 2 aromatic heterocycles. The maximum Gasteiger partial charge on any atom is 0.407 e. The Bertz CT molecular complexity index is 2960. The van der Waals surface area contributed by atoms with Crippen LogP contribution in [-0.4, -0.2) is 121 Å². The van der Waals surface area contributed by atoms with Gasteiger partial charge in [0.15, 0.2) is 11.6 Å². The van der Waals surface area contributed by atoms with Gasteiger partial charge >= 0.3 is 12.2 Å². The largest absolute Gasteiger partial charge is 0.453 e. The number of piperidine rings is 1. The Balaban J connectivity index is 0.000000183. The number of likely N-dealkylation sites (tertiary alicyclic amines) is 2. The highest BCUT2D eigenvalue weighted by atomic mass is 19.1. The number of fused-ring (bicyclic) bond motifs is 2. The number of hydrogen-bond donors (Lipinski definition) is 4. The smallest absolute Gasteiger partial charge is 0.407 e. The van der Waals surface area contributed by atoms with Gasteiger partial charge in [0.2, 0.25) is 5.91 Å². The van der Waals surface area contributed by atoms with Gasteiger partial charge in [-0.05, 0) is 125 Å². The predicted octanol–water partition coefficient (Wildman–Crippen LogP) is 11.1. The fourth-order valence-corrected chi connectivity index (χ4v) is 10.7. The molecule has 0 bridgehead atoms. The van der Waals surface area contributed by atoms with Gasteiger partial charge in [0.1, 0.15) is 35.0 Å². The molecule has 4 fully saturated rings. The lowest BCUT2D eigenvalue weighted by Gasteiger charge is -2.35. The van der Waals surface area contributed by atoms with Crippen LogP contribution in [0.1, 0.15) is 113 Å². The van der Waals surface area contributed by atoms with Crippen LogP contribution in [0.15, 0.2) is 85.3 Å². The molecule has 6 heterocycles. The third-order valence-electron chi connectivity index (χ3n) is 14.8. The molecule has 0 unspecified atom stereocenters. The van der Waals surface area contributed by atoms with Gasteiger partial charge in [0.05, 0.1) is 60.8 Å². The Morgan fingerprint density at radius 2 is 1.42 bits per heavy atom. The lowest BCUT2D eigenvalue weighted by atomic mass is 9.89. The van der Waals surface area contributed by atoms with Crippen molar-refractivity contribution in [2.75, 3.05) is 70.4 Å². The second kappa shape index (κ2) is 27.3. The first-order valence-corrected chi connectivity index (χ1v) is 26.5. The maximum absolute atomic E-state index is 15.4. The highest BCUT2D eigenvalue weighted by Crippen LogP contribution is 2.41. The van der Waals surface area contributed by atoms with E-state index >= 15 is 8.78 Å². The quantitative estimate of drug-likeness (QED) is 0.0854. The van der Waals surface area contributed by atoms with E-state index in [0.29, 0.717) is 66.2 Å². The number of nitrogens with one attached hydrogen (secondary N) is 3. The summed E-state index contributed by atoms with van der Waals surface area (Å²) in [6.45, 7) is 12.6. The Kier molecular flexibility index (Phi) is 20.4. The number of primary amides is 1. The number of allylic oxidation sites excluding steroid dienone is 1. The molecule has 5 N–H and O–H groups in total. The second-order valence-corrected chi connectivity index (χ2v) is 19.8. The number of nitrogens with zero attached hydrogens (tertiary/aromatic N) is 6. The molecule has 0 radical (unpaired) electrons. The number of aromatic nitrogens is 4. The van der Waals surface area contributed by atoms with E-state index in [1.54, 1.807) is 41.0 Å². The van der Waals surface area contributed by atoms with Gasteiger partial charge in [-0.3, -0.25) is 4.79 Å². The summed E-state index contributed by atoms with van der Waals surface area (Å²) in [7, 11) is 3.93. The Morgan fingerprint density at radius 1 is 0.769 bits per heavy atom. The third-order valence-corrected chi connectivity index (χ3v) is 14.8. The molecular weight excluding hydrogens is 1020 g/mol. The number of aromatic amines is 2. The molecule has 16 nitrogen and oxygen atoms in total. The number of imidazole rings is 2. The van der Waals surface area contributed by atoms with Gasteiger partial charge in [-0.15, -0.1) is 0 Å². The molecule has 4 atom stereocenters. The molecule has 4 aromatic carbocycles. The first-order valence-electron chi connectivity index (χ1n) is 26.5. The van der Waals surface area contributed by atoms with Crippen LogP contribution in [0.4, 0.5) is 42.9 Å². The van der Waals surface area contributed by atoms with Gasteiger partial charge in [-0.2, -0.15) is 0 Å². The number of benzene rings is 4. The number of rotatable bonds is 12. The normalized spacial score (nSPS) is 18.1. The number of nitrogens with two attached hydrogens (primary N) is 1. The number of carbonyl (C=O) groups excluding carboxylic acids is 3. The molecule has 0 spiro atoms. The van der Waals surface area contributed by atoms with E-state index in [9.17, 15) is 27.6 Å². The molecule has 78 heavy (non-hydrogen) atoms. The third kappa shape index (κ3) is 14.4. The Morgan fingerprint density at radius 3 is 2.06 bits per heavy atom. The summed E-state index contributed by atoms with van der Waals surface area (Å²) in [6, 6.07) is 15.2. The van der Waals surface area contributed by atoms with Crippen LogP contribution in [0.5, 0.6) is 0 Å². The van der Waals surface area contributed by atoms with Crippen molar-refractivity contribution in [1.29, 1.82) is 0 Å². The minimum absolute atomic E-state index is 0.0166. The van der Waals surface area contributed by atoms with Crippen LogP contribution in [0, 0.1) is 29.1 Å². The number of methoxy groups -OCH3 is 3. The SMILES string of the molecule is C=C(CCC)N1CCCC1.COC(=O)N[C@H](C(=O)N1CCC[C@H]1c1nc2ccc(F)cc2[nH]1)[C@@H](C)OC.COC(N)=O.Fc1ccc(C2CCN(c3c(F)cc(N4CCC[C@@H]4c4cc5[nH]cnc5cc4F)cc3F)CC2)cc1. The number of ether oxygens (including phenoxy) is 3. The summed E-state index contributed by atoms with van der Waals surface area (Å²) in [5.41, 5.74) is 10.2. The number of amides is 3. The topological polar surface area (TPSA) is 187 Å². The molecule has 6 aromatic rings. The van der Waals surface area contributed by atoms with Crippen molar-refractivity contribution < 1.29 is 50.5 Å². The molecule has 4 aliphatic heterocycles. The zero-order chi connectivity index (χ0) is 56.0. The maximum atomic E-state index is 15.4. The average molecular weight is 1090 g/mol. The minimum Gasteiger partial charge on any atom is -0.453 e. The molecular formula is C57H71F5N10O6. The van der Waals surface area contributed by atoms with E-state index in [0.717, 1.165) is 43.2 Å². The first-order chi connectivity index (χ1) is 37.5. The molecule has 4 aliphatic rings. The van der Waals surface area contributed by atoms with Crippen molar-refractivity contribution in [2.45, 2.75) is 108 Å². The fourth-order valence-electron chi connectivity index (χ4n) is 10.7. The van der Waals surface area contributed by atoms with Crippen molar-refractivity contribution in [2.24, 2.45) is 5.73 Å². The number of anilines is 2. The summed E-state index contributed by atoms with van der Waals surface area (Å²) in [5.74, 6) is -1.65. The molecule has 0 aliphatic carbocycles. The number of halogens is 5. The summed E-state index contributed by atoms with van der Waals surface area (Å²) >= 11 is 0. The van der Waals surface area contributed by atoms with Crippen molar-refractivity contribution >= 4 is 51.5 Å². The van der Waals surface area contributed by atoms with Crippen LogP contribution in [0.25, 0.3) is 22.1 Å². The zero-order valence-corrected chi connectivity index (χ0v) is 44.9. The van der Waals surface area contributed by atoms with Gasteiger partial charge in [-0.1, -0.05) is 32.1 Å². The van der Waals surface area contributed by atoms with Gasteiger partial charge in [0, 0.05) is 69.4 Å². The zero-order valence-electron chi connectivity index (χ0n) is 44.9. The summed E-state index contributed by atoms with van der Waals surface area (Å²) in [5, 5.41) is 2.54. The van der Waals surface area contributed by atoms with Crippen molar-refractivity contribution in [3.05, 3.63) is 131 Å². The minimum atomic E-state index is -0.884. The molecule has 4 saturated heterocycles. The standard InChI is InChI=1S/C28H26F4N4.C18H23FN4O4.C9H17N.C2H5NO2/c29-19-5-3-17(4-6-19)18-7-10-35(11-8-18)28-23(31)12-20(13-24(28)32)36-9-1-2-27(36)21-14-25-26(15-22(21)30)34-16-33-25;1-10(26-2)15(22-18(25)27-3)17(24)23-8-4-5-14(23)16-20-12-7-6-11(19)9-13(12)21-16;1-3-6-9(2)10-7-4-5-8-10;1-5-2(3)4/h3-6,12-16,18,27H,1-2,7-11H2,(H,33,34);6-7,9-10,14-15H,4-5,8H2,1-3H3,(H,20,21)(H,22,25);2-8H2,1H3;1H3,(H2,3,4)/t27-;10-,14+,15+;;/m11../s1. The van der Waals surface area contributed by atoms with E-state index in [1.807, 2.05) is 4.90 Å². The molecule has 420 valence electrons. The van der Waals surface area contributed by atoms with Crippen molar-refractivity contribution in [3.8, 4) is 0 Å². The average Bonchev–Trinajstić information content (AvgIpc) is 4.41. The summed E-state index contributed by atoms with van der Waals surface area (Å²) in [6.07, 6.45) is 9.15. The van der Waals surface area contributed by atoms with Crippen molar-refractivity contribution in [1.82, 2.24) is 35.1 Å². The van der Waals surface area contributed by atoms with Crippen LogP contribution >= 0.6 is 0 Å². The molecule has 10 rings (SSSR count). The number of hydrogen-bond acceptors (Lipinski definition) is 11. The van der Waals surface area contributed by atoms with E-state index in [1.165, 1.54) is 115 Å². The monoisotopic (exact) mass is 1090 g/mol. The van der Waals surface area contributed by atoms with Gasteiger partial charge < -0.3 is 54.8 Å². The van der Waals surface area contributed by atoms with E-state index in [2.05, 4.69) is 58.9 Å². The van der Waals surface area contributed by atoms with Crippen LogP contribution in [0.3, 0.4) is 0 Å². The Labute approximate surface area is 451 Å². The number of H-pyrrole nitrogens is 2. The van der Waals surface area contributed by atoms with Crippen molar-refractivity contribution in [3.63, 3.8) is 0 Å². The second-order valence-electron chi connectivity index (χ2n) is 19.8. The number of alkyl carbamates (subject to hydrolysis) is 1. The summed E-state index contributed by atoms with van der Waals surface area (Å²) in [4.78, 5) is 56.6. The number of carbonyl (C=O) groups is 3. The Hall–Kier alpha value is -7.42.